The van der Waals surface area contributed by atoms with Crippen LogP contribution in [-0.2, 0) is 0 Å². The van der Waals surface area contributed by atoms with E-state index in [1.165, 1.54) is 116 Å². The van der Waals surface area contributed by atoms with Gasteiger partial charge in [-0.15, -0.1) is 0 Å². The van der Waals surface area contributed by atoms with Gasteiger partial charge in [-0.3, -0.25) is 0 Å². The molecule has 0 aliphatic carbocycles. The van der Waals surface area contributed by atoms with Crippen molar-refractivity contribution in [1.82, 2.24) is 6.15 Å². The SMILES string of the molecule is CCCCCCCCCCC(C)CCCCCCCCCC.N. The maximum absolute atomic E-state index is 2.47. The highest BCUT2D eigenvalue weighted by Crippen LogP contribution is 2.18. The van der Waals surface area contributed by atoms with Crippen LogP contribution in [0.4, 0.5) is 0 Å². The lowest BCUT2D eigenvalue weighted by Crippen LogP contribution is -1.95. The van der Waals surface area contributed by atoms with Crippen LogP contribution in [0.5, 0.6) is 0 Å². The largest absolute Gasteiger partial charge is 0.344 e. The summed E-state index contributed by atoms with van der Waals surface area (Å²) in [4.78, 5) is 0. The Bertz CT molecular complexity index is 170. The molecule has 1 nitrogen and oxygen atoms in total. The third-order valence-electron chi connectivity index (χ3n) is 5.10. The minimum Gasteiger partial charge on any atom is -0.344 e. The van der Waals surface area contributed by atoms with Gasteiger partial charge in [0.05, 0.1) is 0 Å². The van der Waals surface area contributed by atoms with Gasteiger partial charge < -0.3 is 6.15 Å². The molecular formula is C22H49N. The van der Waals surface area contributed by atoms with E-state index >= 15 is 0 Å². The first-order valence-electron chi connectivity index (χ1n) is 10.8. The molecule has 0 aromatic carbocycles. The standard InChI is InChI=1S/C22H46.H3N/c1-4-6-8-10-12-14-16-18-20-22(3)21-19-17-15-13-11-9-7-5-2;/h22H,4-21H2,1-3H3;1H3. The Morgan fingerprint density at radius 2 is 0.696 bits per heavy atom. The van der Waals surface area contributed by atoms with Gasteiger partial charge in [-0.2, -0.15) is 0 Å². The van der Waals surface area contributed by atoms with Gasteiger partial charge in [-0.05, 0) is 5.92 Å². The summed E-state index contributed by atoms with van der Waals surface area (Å²) >= 11 is 0. The van der Waals surface area contributed by atoms with E-state index in [4.69, 9.17) is 0 Å². The molecule has 0 unspecified atom stereocenters. The lowest BCUT2D eigenvalue weighted by atomic mass is 9.96. The maximum atomic E-state index is 2.47. The third kappa shape index (κ3) is 22.0. The van der Waals surface area contributed by atoms with E-state index in [1.54, 1.807) is 0 Å². The van der Waals surface area contributed by atoms with E-state index in [1.807, 2.05) is 0 Å². The van der Waals surface area contributed by atoms with Gasteiger partial charge in [0.25, 0.3) is 0 Å². The molecule has 3 N–H and O–H groups in total. The second kappa shape index (κ2) is 22.0. The summed E-state index contributed by atoms with van der Waals surface area (Å²) in [6.07, 6.45) is 26.3. The Labute approximate surface area is 149 Å². The van der Waals surface area contributed by atoms with Gasteiger partial charge in [0, 0.05) is 0 Å². The van der Waals surface area contributed by atoms with E-state index in [0.29, 0.717) is 0 Å². The molecule has 0 saturated heterocycles. The molecule has 0 rings (SSSR count). The van der Waals surface area contributed by atoms with Crippen molar-refractivity contribution in [2.75, 3.05) is 0 Å². The molecule has 0 saturated carbocycles. The highest BCUT2D eigenvalue weighted by atomic mass is 14.1. The van der Waals surface area contributed by atoms with Crippen molar-refractivity contribution >= 4 is 0 Å². The van der Waals surface area contributed by atoms with Crippen LogP contribution in [0.2, 0.25) is 0 Å². The van der Waals surface area contributed by atoms with Crippen LogP contribution in [0.3, 0.4) is 0 Å². The monoisotopic (exact) mass is 327 g/mol. The predicted octanol–water partition coefficient (Wildman–Crippen LogP) is 8.85. The topological polar surface area (TPSA) is 35.0 Å². The Morgan fingerprint density at radius 3 is 1.00 bits per heavy atom. The zero-order chi connectivity index (χ0) is 16.3. The minimum absolute atomic E-state index is 0. The zero-order valence-electron chi connectivity index (χ0n) is 17.0. The fourth-order valence-corrected chi connectivity index (χ4v) is 3.40. The Balaban J connectivity index is 0. The molecule has 23 heavy (non-hydrogen) atoms. The molecule has 0 bridgehead atoms. The van der Waals surface area contributed by atoms with Gasteiger partial charge in [0.15, 0.2) is 0 Å². The first-order valence-corrected chi connectivity index (χ1v) is 10.8. The molecule has 142 valence electrons. The summed E-state index contributed by atoms with van der Waals surface area (Å²) in [6, 6.07) is 0. The van der Waals surface area contributed by atoms with Crippen LogP contribution in [0, 0.1) is 5.92 Å². The molecule has 0 aromatic rings. The Kier molecular flexibility index (Phi) is 24.1. The average molecular weight is 328 g/mol. The fourth-order valence-electron chi connectivity index (χ4n) is 3.40. The molecule has 0 amide bonds. The van der Waals surface area contributed by atoms with Crippen LogP contribution >= 0.6 is 0 Å². The van der Waals surface area contributed by atoms with Crippen LogP contribution in [0.1, 0.15) is 136 Å². The van der Waals surface area contributed by atoms with Gasteiger partial charge >= 0.3 is 0 Å². The van der Waals surface area contributed by atoms with Crippen LogP contribution < -0.4 is 6.15 Å². The maximum Gasteiger partial charge on any atom is -0.0443 e. The average Bonchev–Trinajstić information content (AvgIpc) is 2.52. The van der Waals surface area contributed by atoms with Crippen LogP contribution in [0.15, 0.2) is 0 Å². The molecule has 0 aliphatic rings. The second-order valence-electron chi connectivity index (χ2n) is 7.63. The highest BCUT2D eigenvalue weighted by Gasteiger charge is 2.02. The zero-order valence-corrected chi connectivity index (χ0v) is 17.0. The Morgan fingerprint density at radius 1 is 0.435 bits per heavy atom. The first kappa shape index (κ1) is 25.2. The van der Waals surface area contributed by atoms with E-state index < -0.39 is 0 Å². The molecular weight excluding hydrogens is 278 g/mol. The van der Waals surface area contributed by atoms with Gasteiger partial charge in [0.2, 0.25) is 0 Å². The summed E-state index contributed by atoms with van der Waals surface area (Å²) < 4.78 is 0. The smallest absolute Gasteiger partial charge is 0.0443 e. The van der Waals surface area contributed by atoms with E-state index in [0.717, 1.165) is 5.92 Å². The quantitative estimate of drug-likeness (QED) is 0.251. The van der Waals surface area contributed by atoms with Crippen molar-refractivity contribution in [3.05, 3.63) is 0 Å². The molecule has 0 aromatic heterocycles. The molecule has 0 aliphatic heterocycles. The number of rotatable bonds is 18. The molecule has 1 heteroatoms. The fraction of sp³-hybridized carbons (Fsp3) is 1.00. The van der Waals surface area contributed by atoms with Crippen molar-refractivity contribution in [3.8, 4) is 0 Å². The molecule has 0 spiro atoms. The number of hydrogen-bond donors (Lipinski definition) is 1. The third-order valence-corrected chi connectivity index (χ3v) is 5.10. The van der Waals surface area contributed by atoms with Gasteiger partial charge in [-0.25, -0.2) is 0 Å². The van der Waals surface area contributed by atoms with Crippen molar-refractivity contribution in [1.29, 1.82) is 0 Å². The highest BCUT2D eigenvalue weighted by molar-refractivity contribution is 4.56. The number of unbranched alkanes of at least 4 members (excludes halogenated alkanes) is 14. The molecule has 0 heterocycles. The lowest BCUT2D eigenvalue weighted by molar-refractivity contribution is 0.430. The molecule has 0 fully saturated rings. The van der Waals surface area contributed by atoms with E-state index in [9.17, 15) is 0 Å². The van der Waals surface area contributed by atoms with E-state index in [-0.39, 0.29) is 6.15 Å². The van der Waals surface area contributed by atoms with Gasteiger partial charge in [-0.1, -0.05) is 136 Å². The van der Waals surface area contributed by atoms with Gasteiger partial charge in [0.1, 0.15) is 0 Å². The Hall–Kier alpha value is -0.0400. The normalized spacial score (nSPS) is 11.0. The van der Waals surface area contributed by atoms with Crippen molar-refractivity contribution in [2.24, 2.45) is 5.92 Å². The summed E-state index contributed by atoms with van der Waals surface area (Å²) in [7, 11) is 0. The molecule has 0 radical (unpaired) electrons. The van der Waals surface area contributed by atoms with Crippen LogP contribution in [0.25, 0.3) is 0 Å². The van der Waals surface area contributed by atoms with Crippen molar-refractivity contribution in [3.63, 3.8) is 0 Å². The summed E-state index contributed by atoms with van der Waals surface area (Å²) in [6.45, 7) is 7.07. The predicted molar refractivity (Wildman–Crippen MR) is 109 cm³/mol. The first-order chi connectivity index (χ1) is 10.8. The van der Waals surface area contributed by atoms with Crippen molar-refractivity contribution in [2.45, 2.75) is 136 Å². The molecule has 0 atom stereocenters. The van der Waals surface area contributed by atoms with Crippen molar-refractivity contribution < 1.29 is 0 Å². The lowest BCUT2D eigenvalue weighted by Gasteiger charge is -2.11. The number of hydrogen-bond acceptors (Lipinski definition) is 1. The summed E-state index contributed by atoms with van der Waals surface area (Å²) in [5.74, 6) is 0.972. The second-order valence-corrected chi connectivity index (χ2v) is 7.63. The summed E-state index contributed by atoms with van der Waals surface area (Å²) in [5, 5.41) is 0. The van der Waals surface area contributed by atoms with Crippen LogP contribution in [-0.4, -0.2) is 0 Å². The summed E-state index contributed by atoms with van der Waals surface area (Å²) in [5.41, 5.74) is 0. The minimum atomic E-state index is 0. The van der Waals surface area contributed by atoms with E-state index in [2.05, 4.69) is 20.8 Å².